The van der Waals surface area contributed by atoms with E-state index in [1.54, 1.807) is 0 Å². The van der Waals surface area contributed by atoms with Crippen LogP contribution in [0.2, 0.25) is 0 Å². The predicted molar refractivity (Wildman–Crippen MR) is 58.4 cm³/mol. The van der Waals surface area contributed by atoms with Gasteiger partial charge in [-0.05, 0) is 12.1 Å². The summed E-state index contributed by atoms with van der Waals surface area (Å²) in [5.41, 5.74) is 7.61. The number of nitrogens with zero attached hydrogens (tertiary/aromatic N) is 2. The second kappa shape index (κ2) is 3.31. The van der Waals surface area contributed by atoms with Gasteiger partial charge in [0.15, 0.2) is 11.2 Å². The topological polar surface area (TPSA) is 64.9 Å². The summed E-state index contributed by atoms with van der Waals surface area (Å²) < 4.78 is 5.62. The monoisotopic (exact) mass is 205 g/mol. The van der Waals surface area contributed by atoms with E-state index in [2.05, 4.69) is 30.7 Å². The number of fused-ring (bicyclic) bond motifs is 1. The molecule has 0 aliphatic heterocycles. The van der Waals surface area contributed by atoms with Crippen LogP contribution in [0.3, 0.4) is 0 Å². The van der Waals surface area contributed by atoms with Crippen molar-refractivity contribution >= 4 is 11.2 Å². The first-order chi connectivity index (χ1) is 7.00. The number of rotatable bonds is 1. The number of nitrogens with two attached hydrogens (primary N) is 1. The molecule has 80 valence electrons. The minimum Gasteiger partial charge on any atom is -0.438 e. The molecule has 0 saturated carbocycles. The molecule has 0 aliphatic carbocycles. The molecule has 2 aromatic rings. The molecule has 0 aromatic carbocycles. The summed E-state index contributed by atoms with van der Waals surface area (Å²) in [5.74, 6) is 0.708. The van der Waals surface area contributed by atoms with Crippen molar-refractivity contribution in [3.63, 3.8) is 0 Å². The molecule has 0 saturated heterocycles. The molecule has 15 heavy (non-hydrogen) atoms. The zero-order valence-electron chi connectivity index (χ0n) is 9.24. The first kappa shape index (κ1) is 10.1. The van der Waals surface area contributed by atoms with Gasteiger partial charge in [-0.25, -0.2) is 4.98 Å². The van der Waals surface area contributed by atoms with E-state index in [4.69, 9.17) is 10.2 Å². The van der Waals surface area contributed by atoms with Gasteiger partial charge in [0.1, 0.15) is 0 Å². The van der Waals surface area contributed by atoms with Crippen LogP contribution in [0.1, 0.15) is 32.4 Å². The van der Waals surface area contributed by atoms with Gasteiger partial charge in [0.2, 0.25) is 5.89 Å². The number of pyridine rings is 1. The standard InChI is InChI=1S/C11H15N3O/c1-11(2,3)10-14-9-8(15-10)5-4-7(6-12)13-9/h4-5H,6,12H2,1-3H3. The highest BCUT2D eigenvalue weighted by atomic mass is 16.3. The van der Waals surface area contributed by atoms with Crippen LogP contribution in [-0.4, -0.2) is 9.97 Å². The third-order valence-corrected chi connectivity index (χ3v) is 2.16. The number of oxazole rings is 1. The molecule has 0 amide bonds. The van der Waals surface area contributed by atoms with E-state index in [0.29, 0.717) is 18.1 Å². The Bertz CT molecular complexity index is 482. The minimum absolute atomic E-state index is 0.0937. The Morgan fingerprint density at radius 2 is 2.00 bits per heavy atom. The second-order valence-corrected chi connectivity index (χ2v) is 4.60. The Morgan fingerprint density at radius 1 is 1.27 bits per heavy atom. The van der Waals surface area contributed by atoms with E-state index in [-0.39, 0.29) is 5.41 Å². The average Bonchev–Trinajstić information content (AvgIpc) is 2.59. The van der Waals surface area contributed by atoms with Crippen molar-refractivity contribution < 1.29 is 4.42 Å². The van der Waals surface area contributed by atoms with Crippen molar-refractivity contribution in [2.45, 2.75) is 32.7 Å². The van der Waals surface area contributed by atoms with Gasteiger partial charge >= 0.3 is 0 Å². The number of hydrogen-bond acceptors (Lipinski definition) is 4. The van der Waals surface area contributed by atoms with Crippen molar-refractivity contribution in [2.24, 2.45) is 5.73 Å². The fourth-order valence-corrected chi connectivity index (χ4v) is 1.29. The van der Waals surface area contributed by atoms with E-state index in [0.717, 1.165) is 11.3 Å². The lowest BCUT2D eigenvalue weighted by Gasteiger charge is -2.11. The van der Waals surface area contributed by atoms with Crippen LogP contribution in [0.15, 0.2) is 16.5 Å². The minimum atomic E-state index is -0.0937. The van der Waals surface area contributed by atoms with Gasteiger partial charge in [-0.1, -0.05) is 20.8 Å². The molecule has 0 aliphatic rings. The van der Waals surface area contributed by atoms with Crippen LogP contribution < -0.4 is 5.73 Å². The van der Waals surface area contributed by atoms with Crippen LogP contribution >= 0.6 is 0 Å². The number of hydrogen-bond donors (Lipinski definition) is 1. The molecule has 0 spiro atoms. The third kappa shape index (κ3) is 1.85. The summed E-state index contributed by atoms with van der Waals surface area (Å²) in [6.45, 7) is 6.60. The predicted octanol–water partition coefficient (Wildman–Crippen LogP) is 1.98. The molecule has 4 nitrogen and oxygen atoms in total. The van der Waals surface area contributed by atoms with Crippen molar-refractivity contribution in [2.75, 3.05) is 0 Å². The maximum absolute atomic E-state index is 5.62. The largest absolute Gasteiger partial charge is 0.438 e. The molecule has 4 heteroatoms. The normalized spacial score (nSPS) is 12.3. The summed E-state index contributed by atoms with van der Waals surface area (Å²) >= 11 is 0. The van der Waals surface area contributed by atoms with Gasteiger partial charge in [0.25, 0.3) is 0 Å². The van der Waals surface area contributed by atoms with Gasteiger partial charge in [-0.2, -0.15) is 4.98 Å². The molecule has 0 unspecified atom stereocenters. The quantitative estimate of drug-likeness (QED) is 0.773. The van der Waals surface area contributed by atoms with Gasteiger partial charge < -0.3 is 10.2 Å². The fraction of sp³-hybridized carbons (Fsp3) is 0.455. The Hall–Kier alpha value is -1.42. The van der Waals surface area contributed by atoms with Crippen molar-refractivity contribution in [1.29, 1.82) is 0 Å². The first-order valence-electron chi connectivity index (χ1n) is 4.98. The number of aromatic nitrogens is 2. The fourth-order valence-electron chi connectivity index (χ4n) is 1.29. The zero-order valence-corrected chi connectivity index (χ0v) is 9.24. The van der Waals surface area contributed by atoms with Gasteiger partial charge in [0, 0.05) is 12.0 Å². The molecule has 2 heterocycles. The van der Waals surface area contributed by atoms with E-state index < -0.39 is 0 Å². The smallest absolute Gasteiger partial charge is 0.202 e. The highest BCUT2D eigenvalue weighted by Gasteiger charge is 2.21. The molecule has 0 radical (unpaired) electrons. The van der Waals surface area contributed by atoms with E-state index in [1.165, 1.54) is 0 Å². The maximum atomic E-state index is 5.62. The maximum Gasteiger partial charge on any atom is 0.202 e. The summed E-state index contributed by atoms with van der Waals surface area (Å²) in [4.78, 5) is 8.66. The van der Waals surface area contributed by atoms with Crippen molar-refractivity contribution in [3.8, 4) is 0 Å². The summed E-state index contributed by atoms with van der Waals surface area (Å²) in [5, 5.41) is 0. The lowest BCUT2D eigenvalue weighted by atomic mass is 9.97. The Balaban J connectivity index is 2.56. The highest BCUT2D eigenvalue weighted by Crippen LogP contribution is 2.24. The van der Waals surface area contributed by atoms with Crippen LogP contribution in [0.4, 0.5) is 0 Å². The summed E-state index contributed by atoms with van der Waals surface area (Å²) in [6.07, 6.45) is 0. The molecule has 2 N–H and O–H groups in total. The first-order valence-corrected chi connectivity index (χ1v) is 4.98. The van der Waals surface area contributed by atoms with Crippen LogP contribution in [-0.2, 0) is 12.0 Å². The van der Waals surface area contributed by atoms with Crippen LogP contribution in [0.5, 0.6) is 0 Å². The second-order valence-electron chi connectivity index (χ2n) is 4.60. The molecule has 0 fully saturated rings. The summed E-state index contributed by atoms with van der Waals surface area (Å²) in [7, 11) is 0. The van der Waals surface area contributed by atoms with Gasteiger partial charge in [-0.3, -0.25) is 0 Å². The van der Waals surface area contributed by atoms with E-state index >= 15 is 0 Å². The molecule has 2 aromatic heterocycles. The average molecular weight is 205 g/mol. The van der Waals surface area contributed by atoms with Crippen molar-refractivity contribution in [1.82, 2.24) is 9.97 Å². The van der Waals surface area contributed by atoms with Crippen LogP contribution in [0.25, 0.3) is 11.2 Å². The molecular formula is C11H15N3O. The lowest BCUT2D eigenvalue weighted by Crippen LogP contribution is -2.11. The molecule has 0 bridgehead atoms. The van der Waals surface area contributed by atoms with Gasteiger partial charge in [0.05, 0.1) is 5.69 Å². The van der Waals surface area contributed by atoms with E-state index in [9.17, 15) is 0 Å². The summed E-state index contributed by atoms with van der Waals surface area (Å²) in [6, 6.07) is 3.73. The highest BCUT2D eigenvalue weighted by molar-refractivity contribution is 5.67. The molecule has 2 rings (SSSR count). The van der Waals surface area contributed by atoms with E-state index in [1.807, 2.05) is 12.1 Å². The zero-order chi connectivity index (χ0) is 11.1. The molecule has 0 atom stereocenters. The Morgan fingerprint density at radius 3 is 2.60 bits per heavy atom. The van der Waals surface area contributed by atoms with Crippen molar-refractivity contribution in [3.05, 3.63) is 23.7 Å². The van der Waals surface area contributed by atoms with Crippen LogP contribution in [0, 0.1) is 0 Å². The molecular weight excluding hydrogens is 190 g/mol. The van der Waals surface area contributed by atoms with Gasteiger partial charge in [-0.15, -0.1) is 0 Å². The Kier molecular flexibility index (Phi) is 2.23. The Labute approximate surface area is 88.5 Å². The third-order valence-electron chi connectivity index (χ3n) is 2.16. The lowest BCUT2D eigenvalue weighted by molar-refractivity contribution is 0.411. The SMILES string of the molecule is CC(C)(C)c1nc2nc(CN)ccc2o1.